The number of nitrogens with zero attached hydrogens (tertiary/aromatic N) is 1. The Kier molecular flexibility index (Phi) is 5.31. The zero-order chi connectivity index (χ0) is 16.2. The average Bonchev–Trinajstić information content (AvgIpc) is 3.10. The lowest BCUT2D eigenvalue weighted by molar-refractivity contribution is -0.141. The van der Waals surface area contributed by atoms with Crippen molar-refractivity contribution in [3.63, 3.8) is 0 Å². The summed E-state index contributed by atoms with van der Waals surface area (Å²) in [7, 11) is 0. The molecule has 2 nitrogen and oxygen atoms in total. The van der Waals surface area contributed by atoms with E-state index in [2.05, 4.69) is 17.7 Å². The molecule has 0 aliphatic rings. The van der Waals surface area contributed by atoms with Gasteiger partial charge in [0, 0.05) is 4.88 Å². The first-order valence-electron chi connectivity index (χ1n) is 6.32. The van der Waals surface area contributed by atoms with Crippen molar-refractivity contribution >= 4 is 29.5 Å². The highest BCUT2D eigenvalue weighted by Crippen LogP contribution is 2.35. The molecule has 22 heavy (non-hydrogen) atoms. The average molecular weight is 342 g/mol. The maximum Gasteiger partial charge on any atom is 0.432 e. The largest absolute Gasteiger partial charge is 0.432 e. The van der Waals surface area contributed by atoms with Gasteiger partial charge in [0.15, 0.2) is 0 Å². The summed E-state index contributed by atoms with van der Waals surface area (Å²) in [5.74, 6) is 0. The third kappa shape index (κ3) is 3.92. The van der Waals surface area contributed by atoms with E-state index in [1.165, 1.54) is 11.3 Å². The molecule has 0 aromatic carbocycles. The summed E-state index contributed by atoms with van der Waals surface area (Å²) >= 11 is 5.43. The second-order valence-corrected chi connectivity index (χ2v) is 5.67. The van der Waals surface area contributed by atoms with Gasteiger partial charge in [-0.15, -0.1) is 11.3 Å². The Balaban J connectivity index is 2.33. The van der Waals surface area contributed by atoms with E-state index in [0.29, 0.717) is 4.88 Å². The van der Waals surface area contributed by atoms with Crippen molar-refractivity contribution in [3.8, 4) is 10.6 Å². The molecule has 2 aromatic heterocycles. The minimum Gasteiger partial charge on any atom is -0.273 e. The van der Waals surface area contributed by atoms with Crippen LogP contribution in [0, 0.1) is 0 Å². The van der Waals surface area contributed by atoms with Crippen molar-refractivity contribution in [2.45, 2.75) is 13.1 Å². The number of thiophene rings is 1. The van der Waals surface area contributed by atoms with Gasteiger partial charge >= 0.3 is 6.18 Å². The number of aromatic nitrogens is 2. The van der Waals surface area contributed by atoms with Crippen LogP contribution in [0.5, 0.6) is 0 Å². The molecule has 0 saturated carbocycles. The third-order valence-electron chi connectivity index (χ3n) is 2.75. The zero-order valence-corrected chi connectivity index (χ0v) is 13.3. The van der Waals surface area contributed by atoms with Gasteiger partial charge < -0.3 is 0 Å². The van der Waals surface area contributed by atoms with Crippen LogP contribution < -0.4 is 0 Å². The van der Waals surface area contributed by atoms with Crippen molar-refractivity contribution in [3.05, 3.63) is 58.5 Å². The van der Waals surface area contributed by atoms with E-state index < -0.39 is 11.9 Å². The molecule has 0 spiro atoms. The number of hydrogen-bond acceptors (Lipinski definition) is 3. The molecule has 2 rings (SSSR count). The van der Waals surface area contributed by atoms with Gasteiger partial charge in [-0.25, -0.2) is 0 Å². The van der Waals surface area contributed by atoms with E-state index in [-0.39, 0.29) is 5.69 Å². The van der Waals surface area contributed by atoms with Crippen molar-refractivity contribution in [1.29, 1.82) is 0 Å². The third-order valence-corrected chi connectivity index (χ3v) is 4.05. The first kappa shape index (κ1) is 16.6. The highest BCUT2D eigenvalue weighted by Gasteiger charge is 2.33. The lowest BCUT2D eigenvalue weighted by Gasteiger charge is -1.99. The predicted molar refractivity (Wildman–Crippen MR) is 87.8 cm³/mol. The number of alkyl halides is 3. The maximum absolute atomic E-state index is 12.6. The van der Waals surface area contributed by atoms with Gasteiger partial charge in [0.25, 0.3) is 0 Å². The van der Waals surface area contributed by atoms with Gasteiger partial charge in [0.05, 0.1) is 4.88 Å². The van der Waals surface area contributed by atoms with Crippen LogP contribution in [0.3, 0.4) is 0 Å². The molecule has 116 valence electrons. The van der Waals surface area contributed by atoms with Gasteiger partial charge in [0.2, 0.25) is 0 Å². The molecule has 0 bridgehead atoms. The topological polar surface area (TPSA) is 28.7 Å². The fourth-order valence-corrected chi connectivity index (χ4v) is 2.86. The number of nitrogens with one attached hydrogen (secondary N) is 1. The molecule has 0 unspecified atom stereocenters. The number of rotatable bonds is 4. The van der Waals surface area contributed by atoms with Crippen LogP contribution in [-0.2, 0) is 6.18 Å². The summed E-state index contributed by atoms with van der Waals surface area (Å²) in [6, 6.07) is 4.62. The van der Waals surface area contributed by atoms with Gasteiger partial charge in [0.1, 0.15) is 11.4 Å². The molecular formula is C15H13F3N2S2. The SMILES string of the molecule is C\C=C/C=C(\C=C\S)c1ccc(-c2cc(C(F)(F)F)[nH]n2)s1. The second-order valence-electron chi connectivity index (χ2n) is 4.29. The molecule has 2 aromatic rings. The van der Waals surface area contributed by atoms with E-state index in [1.54, 1.807) is 11.5 Å². The van der Waals surface area contributed by atoms with Crippen molar-refractivity contribution in [2.75, 3.05) is 0 Å². The van der Waals surface area contributed by atoms with Crippen LogP contribution in [-0.4, -0.2) is 10.2 Å². The molecule has 0 radical (unpaired) electrons. The molecule has 1 N–H and O–H groups in total. The van der Waals surface area contributed by atoms with Crippen LogP contribution in [0.25, 0.3) is 16.1 Å². The minimum atomic E-state index is -4.42. The molecule has 0 fully saturated rings. The molecule has 0 aliphatic heterocycles. The fourth-order valence-electron chi connectivity index (χ4n) is 1.72. The molecule has 0 atom stereocenters. The lowest BCUT2D eigenvalue weighted by atomic mass is 10.2. The molecule has 0 saturated heterocycles. The quantitative estimate of drug-likeness (QED) is 0.553. The Labute approximate surface area is 135 Å². The molecule has 2 heterocycles. The number of H-pyrrole nitrogens is 1. The number of allylic oxidation sites excluding steroid dienone is 5. The molecular weight excluding hydrogens is 329 g/mol. The van der Waals surface area contributed by atoms with Crippen molar-refractivity contribution < 1.29 is 13.2 Å². The fraction of sp³-hybridized carbons (Fsp3) is 0.133. The van der Waals surface area contributed by atoms with Gasteiger partial charge in [-0.1, -0.05) is 18.2 Å². The number of halogens is 3. The Morgan fingerprint density at radius 1 is 1.36 bits per heavy atom. The number of aromatic amines is 1. The van der Waals surface area contributed by atoms with Crippen molar-refractivity contribution in [1.82, 2.24) is 10.2 Å². The molecule has 0 aliphatic carbocycles. The van der Waals surface area contributed by atoms with Crippen LogP contribution in [0.15, 0.2) is 47.9 Å². The predicted octanol–water partition coefficient (Wildman–Crippen LogP) is 5.56. The normalized spacial score (nSPS) is 13.6. The highest BCUT2D eigenvalue weighted by atomic mass is 32.1. The first-order chi connectivity index (χ1) is 10.5. The van der Waals surface area contributed by atoms with Crippen LogP contribution in [0.4, 0.5) is 13.2 Å². The van der Waals surface area contributed by atoms with E-state index in [1.807, 2.05) is 42.4 Å². The zero-order valence-electron chi connectivity index (χ0n) is 11.6. The maximum atomic E-state index is 12.6. The smallest absolute Gasteiger partial charge is 0.273 e. The highest BCUT2D eigenvalue weighted by molar-refractivity contribution is 7.83. The summed E-state index contributed by atoms with van der Waals surface area (Å²) in [4.78, 5) is 1.59. The second kappa shape index (κ2) is 7.02. The first-order valence-corrected chi connectivity index (χ1v) is 7.66. The summed E-state index contributed by atoms with van der Waals surface area (Å²) in [6.45, 7) is 1.90. The minimum absolute atomic E-state index is 0.281. The summed E-state index contributed by atoms with van der Waals surface area (Å²) < 4.78 is 37.8. The van der Waals surface area contributed by atoms with Gasteiger partial charge in [-0.2, -0.15) is 30.9 Å². The summed E-state index contributed by atoms with van der Waals surface area (Å²) in [6.07, 6.45) is 3.10. The molecule has 0 amide bonds. The Morgan fingerprint density at radius 3 is 2.73 bits per heavy atom. The Hall–Kier alpha value is -1.73. The lowest BCUT2D eigenvalue weighted by Crippen LogP contribution is -2.04. The van der Waals surface area contributed by atoms with E-state index in [9.17, 15) is 13.2 Å². The molecule has 7 heteroatoms. The number of hydrogen-bond donors (Lipinski definition) is 2. The summed E-state index contributed by atoms with van der Waals surface area (Å²) in [5, 5.41) is 7.37. The van der Waals surface area contributed by atoms with E-state index in [0.717, 1.165) is 16.5 Å². The van der Waals surface area contributed by atoms with Crippen LogP contribution >= 0.6 is 24.0 Å². The van der Waals surface area contributed by atoms with E-state index in [4.69, 9.17) is 0 Å². The standard InChI is InChI=1S/C15H13F3N2S2/c1-2-3-4-10(7-8-21)12-5-6-13(22-12)11-9-14(20-19-11)15(16,17)18/h2-9,21H,1H3,(H,19,20)/b3-2-,8-7+,10-4+. The van der Waals surface area contributed by atoms with Crippen LogP contribution in [0.1, 0.15) is 17.5 Å². The monoisotopic (exact) mass is 342 g/mol. The van der Waals surface area contributed by atoms with Crippen molar-refractivity contribution in [2.24, 2.45) is 0 Å². The van der Waals surface area contributed by atoms with E-state index >= 15 is 0 Å². The van der Waals surface area contributed by atoms with Gasteiger partial charge in [-0.3, -0.25) is 5.10 Å². The van der Waals surface area contributed by atoms with Gasteiger partial charge in [-0.05, 0) is 42.2 Å². The summed E-state index contributed by atoms with van der Waals surface area (Å²) in [5.41, 5.74) is 0.358. The number of thiol groups is 1. The Morgan fingerprint density at radius 2 is 2.14 bits per heavy atom. The Bertz CT molecular complexity index is 721. The van der Waals surface area contributed by atoms with Crippen LogP contribution in [0.2, 0.25) is 0 Å².